The van der Waals surface area contributed by atoms with E-state index < -0.39 is 5.92 Å². The quantitative estimate of drug-likeness (QED) is 0.595. The van der Waals surface area contributed by atoms with Gasteiger partial charge in [-0.15, -0.1) is 0 Å². The summed E-state index contributed by atoms with van der Waals surface area (Å²) in [6.45, 7) is 7.33. The largest absolute Gasteiger partial charge is 0.248 e. The highest BCUT2D eigenvalue weighted by molar-refractivity contribution is 5.36. The Kier molecular flexibility index (Phi) is 4.68. The van der Waals surface area contributed by atoms with Gasteiger partial charge < -0.3 is 0 Å². The fraction of sp³-hybridized carbons (Fsp3) is 0.455. The molecular formula is C11H15F3. The molecule has 0 nitrogen and oxygen atoms in total. The first-order valence-electron chi connectivity index (χ1n) is 4.30. The van der Waals surface area contributed by atoms with Crippen molar-refractivity contribution >= 4 is 0 Å². The van der Waals surface area contributed by atoms with Gasteiger partial charge in [0.1, 0.15) is 0 Å². The van der Waals surface area contributed by atoms with Gasteiger partial charge in [0.05, 0.1) is 5.83 Å². The van der Waals surface area contributed by atoms with Crippen molar-refractivity contribution in [3.63, 3.8) is 0 Å². The monoisotopic (exact) mass is 204 g/mol. The van der Waals surface area contributed by atoms with Gasteiger partial charge in [0.15, 0.2) is 0 Å². The number of hydrogen-bond donors (Lipinski definition) is 0. The van der Waals surface area contributed by atoms with Crippen LogP contribution in [0.15, 0.2) is 35.7 Å². The average Bonchev–Trinajstić information content (AvgIpc) is 1.97. The first kappa shape index (κ1) is 13.0. The number of hydrogen-bond acceptors (Lipinski definition) is 0. The van der Waals surface area contributed by atoms with Crippen molar-refractivity contribution in [2.75, 3.05) is 0 Å². The van der Waals surface area contributed by atoms with Crippen LogP contribution < -0.4 is 0 Å². The SMILES string of the molecule is C=C(/C=C(\C)F)/C(C)=C/CC(C)(F)F. The highest BCUT2D eigenvalue weighted by atomic mass is 19.3. The molecule has 0 aliphatic rings. The van der Waals surface area contributed by atoms with Gasteiger partial charge in [0.2, 0.25) is 5.92 Å². The molecule has 0 saturated carbocycles. The third-order valence-electron chi connectivity index (χ3n) is 1.65. The molecule has 0 fully saturated rings. The van der Waals surface area contributed by atoms with Crippen molar-refractivity contribution in [3.8, 4) is 0 Å². The fourth-order valence-electron chi connectivity index (χ4n) is 0.817. The molecule has 80 valence electrons. The van der Waals surface area contributed by atoms with Crippen molar-refractivity contribution < 1.29 is 13.2 Å². The Bertz CT molecular complexity index is 263. The third-order valence-corrected chi connectivity index (χ3v) is 1.65. The molecule has 0 rings (SSSR count). The lowest BCUT2D eigenvalue weighted by molar-refractivity contribution is 0.0253. The summed E-state index contributed by atoms with van der Waals surface area (Å²) in [7, 11) is 0. The minimum atomic E-state index is -2.73. The molecule has 0 heterocycles. The maximum Gasteiger partial charge on any atom is 0.248 e. The smallest absolute Gasteiger partial charge is 0.212 e. The molecule has 14 heavy (non-hydrogen) atoms. The van der Waals surface area contributed by atoms with E-state index in [-0.39, 0.29) is 12.2 Å². The van der Waals surface area contributed by atoms with Crippen LogP contribution in [0, 0.1) is 0 Å². The van der Waals surface area contributed by atoms with Crippen molar-refractivity contribution in [2.45, 2.75) is 33.1 Å². The molecule has 0 bridgehead atoms. The zero-order valence-corrected chi connectivity index (χ0v) is 8.70. The van der Waals surface area contributed by atoms with E-state index in [0.29, 0.717) is 11.1 Å². The van der Waals surface area contributed by atoms with Crippen molar-refractivity contribution in [2.24, 2.45) is 0 Å². The van der Waals surface area contributed by atoms with E-state index in [9.17, 15) is 13.2 Å². The number of rotatable bonds is 4. The van der Waals surface area contributed by atoms with E-state index in [1.165, 1.54) is 19.1 Å². The predicted octanol–water partition coefficient (Wildman–Crippen LogP) is 4.41. The molecular weight excluding hydrogens is 189 g/mol. The van der Waals surface area contributed by atoms with Crippen LogP contribution in [0.25, 0.3) is 0 Å². The molecule has 0 unspecified atom stereocenters. The van der Waals surface area contributed by atoms with Crippen LogP contribution in [0.2, 0.25) is 0 Å². The van der Waals surface area contributed by atoms with Gasteiger partial charge in [0, 0.05) is 6.42 Å². The van der Waals surface area contributed by atoms with Crippen LogP contribution in [0.4, 0.5) is 13.2 Å². The van der Waals surface area contributed by atoms with Crippen molar-refractivity contribution in [1.29, 1.82) is 0 Å². The summed E-state index contributed by atoms with van der Waals surface area (Å²) in [6, 6.07) is 0. The van der Waals surface area contributed by atoms with Gasteiger partial charge in [0.25, 0.3) is 0 Å². The van der Waals surface area contributed by atoms with Crippen LogP contribution in [0.5, 0.6) is 0 Å². The molecule has 3 heteroatoms. The average molecular weight is 204 g/mol. The van der Waals surface area contributed by atoms with Gasteiger partial charge in [-0.2, -0.15) is 0 Å². The van der Waals surface area contributed by atoms with E-state index in [0.717, 1.165) is 6.92 Å². The number of allylic oxidation sites excluding steroid dienone is 5. The molecule has 0 N–H and O–H groups in total. The highest BCUT2D eigenvalue weighted by Gasteiger charge is 2.18. The Morgan fingerprint density at radius 2 is 1.86 bits per heavy atom. The summed E-state index contributed by atoms with van der Waals surface area (Å²) < 4.78 is 37.3. The molecule has 0 radical (unpaired) electrons. The normalized spacial score (nSPS) is 14.4. The first-order valence-corrected chi connectivity index (χ1v) is 4.30. The summed E-state index contributed by atoms with van der Waals surface area (Å²) in [5.74, 6) is -3.11. The molecule has 0 spiro atoms. The van der Waals surface area contributed by atoms with Crippen LogP contribution in [0.1, 0.15) is 27.2 Å². The maximum absolute atomic E-state index is 12.4. The van der Waals surface area contributed by atoms with Gasteiger partial charge in [-0.1, -0.05) is 12.7 Å². The molecule has 0 aromatic rings. The molecule has 0 aromatic heterocycles. The summed E-state index contributed by atoms with van der Waals surface area (Å²) in [4.78, 5) is 0. The Hall–Kier alpha value is -0.990. The standard InChI is InChI=1S/C11H15F3/c1-8(5-6-11(4,13)14)9(2)7-10(3)12/h5,7H,2,6H2,1,3-4H3/b8-5+,10-7+. The first-order chi connectivity index (χ1) is 6.22. The molecule has 0 atom stereocenters. The van der Waals surface area contributed by atoms with Crippen molar-refractivity contribution in [1.82, 2.24) is 0 Å². The lowest BCUT2D eigenvalue weighted by Crippen LogP contribution is -2.07. The lowest BCUT2D eigenvalue weighted by atomic mass is 10.1. The highest BCUT2D eigenvalue weighted by Crippen LogP contribution is 2.20. The second-order valence-corrected chi connectivity index (χ2v) is 3.42. The molecule has 0 amide bonds. The Morgan fingerprint density at radius 3 is 2.21 bits per heavy atom. The third kappa shape index (κ3) is 6.52. The summed E-state index contributed by atoms with van der Waals surface area (Å²) in [5.41, 5.74) is 0.998. The Labute approximate surface area is 82.8 Å². The predicted molar refractivity (Wildman–Crippen MR) is 53.0 cm³/mol. The van der Waals surface area contributed by atoms with Crippen LogP contribution in [-0.4, -0.2) is 5.92 Å². The Morgan fingerprint density at radius 1 is 1.36 bits per heavy atom. The van der Waals surface area contributed by atoms with E-state index in [2.05, 4.69) is 6.58 Å². The zero-order chi connectivity index (χ0) is 11.4. The van der Waals surface area contributed by atoms with Crippen LogP contribution in [0.3, 0.4) is 0 Å². The second-order valence-electron chi connectivity index (χ2n) is 3.42. The van der Waals surface area contributed by atoms with Gasteiger partial charge in [-0.05, 0) is 38.0 Å². The zero-order valence-electron chi connectivity index (χ0n) is 8.70. The maximum atomic E-state index is 12.4. The summed E-state index contributed by atoms with van der Waals surface area (Å²) in [5, 5.41) is 0. The van der Waals surface area contributed by atoms with E-state index in [1.54, 1.807) is 6.92 Å². The van der Waals surface area contributed by atoms with Crippen LogP contribution in [-0.2, 0) is 0 Å². The summed E-state index contributed by atoms with van der Waals surface area (Å²) in [6.07, 6.45) is 2.23. The van der Waals surface area contributed by atoms with E-state index in [1.807, 2.05) is 0 Å². The molecule has 0 aliphatic heterocycles. The van der Waals surface area contributed by atoms with Gasteiger partial charge >= 0.3 is 0 Å². The fourth-order valence-corrected chi connectivity index (χ4v) is 0.817. The molecule has 0 aromatic carbocycles. The van der Waals surface area contributed by atoms with Gasteiger partial charge in [-0.3, -0.25) is 0 Å². The lowest BCUT2D eigenvalue weighted by Gasteiger charge is -2.07. The molecule has 0 saturated heterocycles. The minimum absolute atomic E-state index is 0.350. The van der Waals surface area contributed by atoms with Crippen molar-refractivity contribution in [3.05, 3.63) is 35.7 Å². The molecule has 0 aliphatic carbocycles. The van der Waals surface area contributed by atoms with E-state index >= 15 is 0 Å². The topological polar surface area (TPSA) is 0 Å². The second kappa shape index (κ2) is 5.03. The number of halogens is 3. The van der Waals surface area contributed by atoms with E-state index in [4.69, 9.17) is 0 Å². The Balaban J connectivity index is 4.40. The van der Waals surface area contributed by atoms with Crippen LogP contribution >= 0.6 is 0 Å². The number of alkyl halides is 2. The van der Waals surface area contributed by atoms with Gasteiger partial charge in [-0.25, -0.2) is 13.2 Å². The minimum Gasteiger partial charge on any atom is -0.212 e. The summed E-state index contributed by atoms with van der Waals surface area (Å²) >= 11 is 0.